The van der Waals surface area contributed by atoms with Crippen LogP contribution in [-0.4, -0.2) is 41.5 Å². The predicted octanol–water partition coefficient (Wildman–Crippen LogP) is 1.15. The van der Waals surface area contributed by atoms with Gasteiger partial charge in [0.25, 0.3) is 5.91 Å². The van der Waals surface area contributed by atoms with Crippen LogP contribution < -0.4 is 10.1 Å². The normalized spacial score (nSPS) is 11.5. The van der Waals surface area contributed by atoms with Crippen LogP contribution in [0.2, 0.25) is 0 Å². The van der Waals surface area contributed by atoms with Gasteiger partial charge in [-0.25, -0.2) is 0 Å². The molecular weight excluding hydrogens is 272 g/mol. The maximum absolute atomic E-state index is 12.0. The molecule has 1 aromatic carbocycles. The molecule has 1 aromatic rings. The van der Waals surface area contributed by atoms with Crippen molar-refractivity contribution in [3.8, 4) is 5.75 Å². The first-order valence-electron chi connectivity index (χ1n) is 6.05. The SMILES string of the molecule is CCC(CO)(CO)NC(=O)c1ccc(OC(F)F)cc1. The summed E-state index contributed by atoms with van der Waals surface area (Å²) in [7, 11) is 0. The molecule has 3 N–H and O–H groups in total. The van der Waals surface area contributed by atoms with Crippen molar-refractivity contribution in [3.63, 3.8) is 0 Å². The van der Waals surface area contributed by atoms with E-state index in [0.29, 0.717) is 6.42 Å². The maximum Gasteiger partial charge on any atom is 0.387 e. The molecule has 0 saturated carbocycles. The van der Waals surface area contributed by atoms with Crippen LogP contribution >= 0.6 is 0 Å². The molecule has 1 amide bonds. The summed E-state index contributed by atoms with van der Waals surface area (Å²) in [6.07, 6.45) is 0.346. The molecule has 0 bridgehead atoms. The summed E-state index contributed by atoms with van der Waals surface area (Å²) in [5.74, 6) is -0.568. The molecule has 0 radical (unpaired) electrons. The molecule has 112 valence electrons. The summed E-state index contributed by atoms with van der Waals surface area (Å²) < 4.78 is 28.1. The number of aliphatic hydroxyl groups is 2. The highest BCUT2D eigenvalue weighted by molar-refractivity contribution is 5.94. The second kappa shape index (κ2) is 7.16. The van der Waals surface area contributed by atoms with Crippen molar-refractivity contribution in [3.05, 3.63) is 29.8 Å². The van der Waals surface area contributed by atoms with Crippen LogP contribution in [-0.2, 0) is 0 Å². The van der Waals surface area contributed by atoms with Crippen molar-refractivity contribution in [1.29, 1.82) is 0 Å². The lowest BCUT2D eigenvalue weighted by Crippen LogP contribution is -2.53. The predicted molar refractivity (Wildman–Crippen MR) is 67.7 cm³/mol. The van der Waals surface area contributed by atoms with Gasteiger partial charge < -0.3 is 20.3 Å². The van der Waals surface area contributed by atoms with Gasteiger partial charge in [0.2, 0.25) is 0 Å². The molecule has 0 heterocycles. The Morgan fingerprint density at radius 3 is 2.25 bits per heavy atom. The molecule has 7 heteroatoms. The molecule has 1 rings (SSSR count). The lowest BCUT2D eigenvalue weighted by Gasteiger charge is -2.29. The van der Waals surface area contributed by atoms with Crippen molar-refractivity contribution < 1.29 is 28.5 Å². The van der Waals surface area contributed by atoms with Crippen LogP contribution in [0.15, 0.2) is 24.3 Å². The number of benzene rings is 1. The summed E-state index contributed by atoms with van der Waals surface area (Å²) in [5, 5.41) is 21.0. The number of halogens is 2. The average molecular weight is 289 g/mol. The highest BCUT2D eigenvalue weighted by Crippen LogP contribution is 2.16. The summed E-state index contributed by atoms with van der Waals surface area (Å²) in [6.45, 7) is -2.02. The summed E-state index contributed by atoms with van der Waals surface area (Å²) in [4.78, 5) is 11.9. The lowest BCUT2D eigenvalue weighted by atomic mass is 9.98. The first kappa shape index (κ1) is 16.3. The quantitative estimate of drug-likeness (QED) is 0.703. The Balaban J connectivity index is 2.77. The molecule has 0 aliphatic carbocycles. The topological polar surface area (TPSA) is 78.8 Å². The van der Waals surface area contributed by atoms with Crippen molar-refractivity contribution in [2.75, 3.05) is 13.2 Å². The van der Waals surface area contributed by atoms with Gasteiger partial charge in [-0.3, -0.25) is 4.79 Å². The number of hydrogen-bond acceptors (Lipinski definition) is 4. The van der Waals surface area contributed by atoms with E-state index in [2.05, 4.69) is 10.1 Å². The van der Waals surface area contributed by atoms with E-state index in [4.69, 9.17) is 0 Å². The maximum atomic E-state index is 12.0. The van der Waals surface area contributed by atoms with E-state index in [1.165, 1.54) is 24.3 Å². The molecule has 5 nitrogen and oxygen atoms in total. The van der Waals surface area contributed by atoms with Gasteiger partial charge >= 0.3 is 6.61 Å². The van der Waals surface area contributed by atoms with Crippen LogP contribution in [0.4, 0.5) is 8.78 Å². The Morgan fingerprint density at radius 1 is 1.30 bits per heavy atom. The van der Waals surface area contributed by atoms with Crippen LogP contribution in [0.1, 0.15) is 23.7 Å². The van der Waals surface area contributed by atoms with Gasteiger partial charge in [0.1, 0.15) is 5.75 Å². The summed E-state index contributed by atoms with van der Waals surface area (Å²) in [5.41, 5.74) is -0.888. The molecule has 0 unspecified atom stereocenters. The Labute approximate surface area is 115 Å². The minimum Gasteiger partial charge on any atom is -0.435 e. The van der Waals surface area contributed by atoms with Crippen LogP contribution in [0.3, 0.4) is 0 Å². The first-order valence-corrected chi connectivity index (χ1v) is 6.05. The van der Waals surface area contributed by atoms with Gasteiger partial charge in [-0.1, -0.05) is 6.92 Å². The number of amides is 1. The number of rotatable bonds is 7. The largest absolute Gasteiger partial charge is 0.435 e. The van der Waals surface area contributed by atoms with Crippen LogP contribution in [0.5, 0.6) is 5.75 Å². The highest BCUT2D eigenvalue weighted by Gasteiger charge is 2.28. The number of ether oxygens (including phenoxy) is 1. The third-order valence-corrected chi connectivity index (χ3v) is 3.00. The number of carbonyl (C=O) groups is 1. The second-order valence-electron chi connectivity index (χ2n) is 4.31. The van der Waals surface area contributed by atoms with E-state index in [0.717, 1.165) is 0 Å². The van der Waals surface area contributed by atoms with Crippen molar-refractivity contribution in [1.82, 2.24) is 5.32 Å². The lowest BCUT2D eigenvalue weighted by molar-refractivity contribution is -0.0498. The van der Waals surface area contributed by atoms with Gasteiger partial charge in [0.05, 0.1) is 18.8 Å². The Hall–Kier alpha value is -1.73. The van der Waals surface area contributed by atoms with Crippen molar-refractivity contribution >= 4 is 5.91 Å². The molecule has 0 aliphatic rings. The van der Waals surface area contributed by atoms with E-state index in [1.807, 2.05) is 0 Å². The molecule has 0 fully saturated rings. The van der Waals surface area contributed by atoms with Crippen molar-refractivity contribution in [2.24, 2.45) is 0 Å². The monoisotopic (exact) mass is 289 g/mol. The second-order valence-corrected chi connectivity index (χ2v) is 4.31. The third kappa shape index (κ3) is 4.14. The molecule has 0 aromatic heterocycles. The fourth-order valence-electron chi connectivity index (χ4n) is 1.54. The molecule has 20 heavy (non-hydrogen) atoms. The number of nitrogens with one attached hydrogen (secondary N) is 1. The zero-order chi connectivity index (χ0) is 15.2. The van der Waals surface area contributed by atoms with E-state index in [-0.39, 0.29) is 11.3 Å². The molecule has 0 atom stereocenters. The molecule has 0 spiro atoms. The zero-order valence-corrected chi connectivity index (χ0v) is 11.0. The van der Waals surface area contributed by atoms with Gasteiger partial charge in [-0.15, -0.1) is 0 Å². The number of aliphatic hydroxyl groups excluding tert-OH is 2. The Bertz CT molecular complexity index is 424. The molecular formula is C13H17F2NO4. The smallest absolute Gasteiger partial charge is 0.387 e. The van der Waals surface area contributed by atoms with Gasteiger partial charge in [-0.05, 0) is 30.7 Å². The minimum atomic E-state index is -2.92. The van der Waals surface area contributed by atoms with Gasteiger partial charge in [0, 0.05) is 5.56 Å². The average Bonchev–Trinajstić information content (AvgIpc) is 2.45. The fraction of sp³-hybridized carbons (Fsp3) is 0.462. The van der Waals surface area contributed by atoms with E-state index in [1.54, 1.807) is 6.92 Å². The summed E-state index contributed by atoms with van der Waals surface area (Å²) >= 11 is 0. The highest BCUT2D eigenvalue weighted by atomic mass is 19.3. The Morgan fingerprint density at radius 2 is 1.85 bits per heavy atom. The Kier molecular flexibility index (Phi) is 5.84. The van der Waals surface area contributed by atoms with E-state index >= 15 is 0 Å². The van der Waals surface area contributed by atoms with Crippen LogP contribution in [0, 0.1) is 0 Å². The van der Waals surface area contributed by atoms with Crippen LogP contribution in [0.25, 0.3) is 0 Å². The molecule has 0 aliphatic heterocycles. The molecule has 0 saturated heterocycles. The zero-order valence-electron chi connectivity index (χ0n) is 11.0. The first-order chi connectivity index (χ1) is 9.46. The number of alkyl halides is 2. The van der Waals surface area contributed by atoms with Gasteiger partial charge in [0.15, 0.2) is 0 Å². The van der Waals surface area contributed by atoms with Gasteiger partial charge in [-0.2, -0.15) is 8.78 Å². The number of carbonyl (C=O) groups excluding carboxylic acids is 1. The number of hydrogen-bond donors (Lipinski definition) is 3. The standard InChI is InChI=1S/C13H17F2NO4/c1-2-13(7-17,8-18)16-11(19)9-3-5-10(6-4-9)20-12(14)15/h3-6,12,17-18H,2,7-8H2,1H3,(H,16,19). The minimum absolute atomic E-state index is 0.0531. The summed E-state index contributed by atoms with van der Waals surface area (Å²) in [6, 6.07) is 5.13. The fourth-order valence-corrected chi connectivity index (χ4v) is 1.54. The van der Waals surface area contributed by atoms with E-state index in [9.17, 15) is 23.8 Å². The van der Waals surface area contributed by atoms with E-state index < -0.39 is 31.3 Å². The third-order valence-electron chi connectivity index (χ3n) is 3.00. The van der Waals surface area contributed by atoms with Crippen molar-refractivity contribution in [2.45, 2.75) is 25.5 Å².